The quantitative estimate of drug-likeness (QED) is 0.863. The number of nitrogens with one attached hydrogen (secondary N) is 1. The van der Waals surface area contributed by atoms with E-state index in [4.69, 9.17) is 5.26 Å². The predicted octanol–water partition coefficient (Wildman–Crippen LogP) is 2.34. The van der Waals surface area contributed by atoms with Crippen LogP contribution in [0.4, 0.5) is 0 Å². The Bertz CT molecular complexity index is 483. The van der Waals surface area contributed by atoms with Gasteiger partial charge in [-0.25, -0.2) is 0 Å². The van der Waals surface area contributed by atoms with Crippen molar-refractivity contribution in [3.05, 3.63) is 34.9 Å². The van der Waals surface area contributed by atoms with E-state index in [2.05, 4.69) is 11.4 Å². The molecule has 1 aromatic rings. The van der Waals surface area contributed by atoms with Gasteiger partial charge < -0.3 is 5.32 Å². The van der Waals surface area contributed by atoms with E-state index in [1.54, 1.807) is 6.07 Å². The fraction of sp³-hybridized carbons (Fsp3) is 0.429. The van der Waals surface area contributed by atoms with Crippen molar-refractivity contribution in [2.24, 2.45) is 5.92 Å². The molecular formula is C14H16N2O. The van der Waals surface area contributed by atoms with Crippen LogP contribution in [0.2, 0.25) is 0 Å². The number of nitriles is 1. The molecule has 1 unspecified atom stereocenters. The average Bonchev–Trinajstić information content (AvgIpc) is 3.13. The van der Waals surface area contributed by atoms with Crippen LogP contribution >= 0.6 is 0 Å². The zero-order valence-electron chi connectivity index (χ0n) is 10.2. The first-order valence-electron chi connectivity index (χ1n) is 5.89. The molecule has 0 saturated heterocycles. The topological polar surface area (TPSA) is 52.9 Å². The van der Waals surface area contributed by atoms with Crippen molar-refractivity contribution in [3.63, 3.8) is 0 Å². The zero-order chi connectivity index (χ0) is 12.4. The molecule has 0 bridgehead atoms. The van der Waals surface area contributed by atoms with E-state index in [0.717, 1.165) is 18.4 Å². The van der Waals surface area contributed by atoms with Crippen molar-refractivity contribution in [2.45, 2.75) is 32.7 Å². The number of aryl methyl sites for hydroxylation is 2. The third-order valence-corrected chi connectivity index (χ3v) is 3.29. The third kappa shape index (κ3) is 2.65. The first-order valence-corrected chi connectivity index (χ1v) is 5.89. The lowest BCUT2D eigenvalue weighted by Crippen LogP contribution is -2.35. The van der Waals surface area contributed by atoms with Crippen molar-refractivity contribution in [3.8, 4) is 6.07 Å². The minimum Gasteiger partial charge on any atom is -0.336 e. The average molecular weight is 228 g/mol. The maximum absolute atomic E-state index is 11.9. The SMILES string of the molecule is Cc1ccc(C(=O)NC(C#N)C2CC2)cc1C. The molecule has 0 aliphatic heterocycles. The van der Waals surface area contributed by atoms with Crippen LogP contribution in [0.15, 0.2) is 18.2 Å². The van der Waals surface area contributed by atoms with Gasteiger partial charge in [0.05, 0.1) is 6.07 Å². The normalized spacial score (nSPS) is 16.1. The van der Waals surface area contributed by atoms with Gasteiger partial charge in [0.2, 0.25) is 0 Å². The minimum atomic E-state index is -0.330. The maximum Gasteiger partial charge on any atom is 0.252 e. The number of carbonyl (C=O) groups is 1. The van der Waals surface area contributed by atoms with Crippen LogP contribution in [0, 0.1) is 31.1 Å². The number of rotatable bonds is 3. The predicted molar refractivity (Wildman–Crippen MR) is 65.5 cm³/mol. The summed E-state index contributed by atoms with van der Waals surface area (Å²) in [4.78, 5) is 11.9. The van der Waals surface area contributed by atoms with Gasteiger partial charge in [0.25, 0.3) is 5.91 Å². The fourth-order valence-corrected chi connectivity index (χ4v) is 1.79. The molecule has 2 rings (SSSR count). The summed E-state index contributed by atoms with van der Waals surface area (Å²) in [5, 5.41) is 11.8. The highest BCUT2D eigenvalue weighted by molar-refractivity contribution is 5.94. The molecule has 3 heteroatoms. The summed E-state index contributed by atoms with van der Waals surface area (Å²) < 4.78 is 0. The van der Waals surface area contributed by atoms with Gasteiger partial charge in [0, 0.05) is 5.56 Å². The number of benzene rings is 1. The largest absolute Gasteiger partial charge is 0.336 e. The van der Waals surface area contributed by atoms with E-state index in [1.807, 2.05) is 26.0 Å². The summed E-state index contributed by atoms with van der Waals surface area (Å²) in [6, 6.07) is 7.43. The Labute approximate surface area is 101 Å². The number of amides is 1. The van der Waals surface area contributed by atoms with Crippen LogP contribution in [0.3, 0.4) is 0 Å². The van der Waals surface area contributed by atoms with Gasteiger partial charge in [-0.15, -0.1) is 0 Å². The molecule has 1 amide bonds. The molecular weight excluding hydrogens is 212 g/mol. The van der Waals surface area contributed by atoms with Gasteiger partial charge in [-0.2, -0.15) is 5.26 Å². The van der Waals surface area contributed by atoms with E-state index in [9.17, 15) is 4.79 Å². The van der Waals surface area contributed by atoms with Crippen LogP contribution in [0.5, 0.6) is 0 Å². The van der Waals surface area contributed by atoms with Gasteiger partial charge in [-0.3, -0.25) is 4.79 Å². The molecule has 1 atom stereocenters. The van der Waals surface area contributed by atoms with E-state index >= 15 is 0 Å². The summed E-state index contributed by atoms with van der Waals surface area (Å²) in [5.74, 6) is 0.210. The molecule has 1 fully saturated rings. The highest BCUT2D eigenvalue weighted by Crippen LogP contribution is 2.32. The lowest BCUT2D eigenvalue weighted by Gasteiger charge is -2.11. The second-order valence-electron chi connectivity index (χ2n) is 4.72. The van der Waals surface area contributed by atoms with Crippen LogP contribution in [0.1, 0.15) is 34.3 Å². The lowest BCUT2D eigenvalue weighted by atomic mass is 10.1. The van der Waals surface area contributed by atoms with E-state index in [-0.39, 0.29) is 11.9 Å². The Kier molecular flexibility index (Phi) is 3.14. The molecule has 1 saturated carbocycles. The number of hydrogen-bond donors (Lipinski definition) is 1. The van der Waals surface area contributed by atoms with Gasteiger partial charge in [0.1, 0.15) is 6.04 Å². The van der Waals surface area contributed by atoms with Crippen LogP contribution in [0.25, 0.3) is 0 Å². The molecule has 17 heavy (non-hydrogen) atoms. The standard InChI is InChI=1S/C14H16N2O/c1-9-3-4-12(7-10(9)2)14(17)16-13(8-15)11-5-6-11/h3-4,7,11,13H,5-6H2,1-2H3,(H,16,17). The monoisotopic (exact) mass is 228 g/mol. The summed E-state index contributed by atoms with van der Waals surface area (Å²) in [6.45, 7) is 3.99. The zero-order valence-corrected chi connectivity index (χ0v) is 10.2. The van der Waals surface area contributed by atoms with Crippen molar-refractivity contribution >= 4 is 5.91 Å². The second kappa shape index (κ2) is 4.58. The molecule has 1 aliphatic carbocycles. The van der Waals surface area contributed by atoms with Crippen molar-refractivity contribution < 1.29 is 4.79 Å². The van der Waals surface area contributed by atoms with Gasteiger partial charge >= 0.3 is 0 Å². The molecule has 3 nitrogen and oxygen atoms in total. The Morgan fingerprint density at radius 1 is 1.41 bits per heavy atom. The molecule has 0 spiro atoms. The van der Waals surface area contributed by atoms with Crippen LogP contribution in [-0.2, 0) is 0 Å². The Balaban J connectivity index is 2.08. The van der Waals surface area contributed by atoms with E-state index in [1.165, 1.54) is 5.56 Å². The summed E-state index contributed by atoms with van der Waals surface area (Å²) in [5.41, 5.74) is 2.90. The molecule has 0 heterocycles. The Hall–Kier alpha value is -1.82. The lowest BCUT2D eigenvalue weighted by molar-refractivity contribution is 0.0942. The minimum absolute atomic E-state index is 0.147. The third-order valence-electron chi connectivity index (χ3n) is 3.29. The van der Waals surface area contributed by atoms with Crippen LogP contribution < -0.4 is 5.32 Å². The maximum atomic E-state index is 11.9. The molecule has 0 radical (unpaired) electrons. The van der Waals surface area contributed by atoms with Gasteiger partial charge in [-0.05, 0) is 55.9 Å². The Morgan fingerprint density at radius 2 is 2.12 bits per heavy atom. The van der Waals surface area contributed by atoms with Gasteiger partial charge in [0.15, 0.2) is 0 Å². The van der Waals surface area contributed by atoms with Crippen LogP contribution in [-0.4, -0.2) is 11.9 Å². The molecule has 1 aliphatic rings. The van der Waals surface area contributed by atoms with Gasteiger partial charge in [-0.1, -0.05) is 6.07 Å². The molecule has 0 aromatic heterocycles. The first-order chi connectivity index (χ1) is 8.11. The second-order valence-corrected chi connectivity index (χ2v) is 4.72. The van der Waals surface area contributed by atoms with Crippen molar-refractivity contribution in [1.29, 1.82) is 5.26 Å². The summed E-state index contributed by atoms with van der Waals surface area (Å²) in [6.07, 6.45) is 2.09. The summed E-state index contributed by atoms with van der Waals surface area (Å²) >= 11 is 0. The Morgan fingerprint density at radius 3 is 2.65 bits per heavy atom. The molecule has 1 N–H and O–H groups in total. The number of carbonyl (C=O) groups excluding carboxylic acids is 1. The highest BCUT2D eigenvalue weighted by atomic mass is 16.1. The van der Waals surface area contributed by atoms with Crippen molar-refractivity contribution in [2.75, 3.05) is 0 Å². The van der Waals surface area contributed by atoms with Crippen molar-refractivity contribution in [1.82, 2.24) is 5.32 Å². The smallest absolute Gasteiger partial charge is 0.252 e. The van der Waals surface area contributed by atoms with E-state index in [0.29, 0.717) is 11.5 Å². The first kappa shape index (κ1) is 11.7. The number of nitrogens with zero attached hydrogens (tertiary/aromatic N) is 1. The summed E-state index contributed by atoms with van der Waals surface area (Å²) in [7, 11) is 0. The highest BCUT2D eigenvalue weighted by Gasteiger charge is 2.32. The molecule has 1 aromatic carbocycles. The fourth-order valence-electron chi connectivity index (χ4n) is 1.79. The number of hydrogen-bond acceptors (Lipinski definition) is 2. The van der Waals surface area contributed by atoms with E-state index < -0.39 is 0 Å². The molecule has 88 valence electrons.